The van der Waals surface area contributed by atoms with Crippen LogP contribution in [0.4, 0.5) is 28.7 Å². The Bertz CT molecular complexity index is 3090. The summed E-state index contributed by atoms with van der Waals surface area (Å²) in [5.74, 6) is -0.917. The van der Waals surface area contributed by atoms with Crippen molar-refractivity contribution in [1.82, 2.24) is 39.5 Å². The molecule has 366 valence electrons. The van der Waals surface area contributed by atoms with Crippen molar-refractivity contribution in [1.29, 1.82) is 0 Å². The van der Waals surface area contributed by atoms with Gasteiger partial charge in [-0.1, -0.05) is 13.8 Å². The Hall–Kier alpha value is -7.34. The lowest BCUT2D eigenvalue weighted by Gasteiger charge is -2.46. The number of nitrogens with zero attached hydrogens (tertiary/aromatic N) is 9. The number of hydrogen-bond donors (Lipinski definition) is 3. The zero-order valence-electron chi connectivity index (χ0n) is 40.6. The van der Waals surface area contributed by atoms with Gasteiger partial charge in [0, 0.05) is 112 Å². The summed E-state index contributed by atoms with van der Waals surface area (Å²) in [4.78, 5) is 98.3. The van der Waals surface area contributed by atoms with Gasteiger partial charge in [0.1, 0.15) is 23.4 Å². The standard InChI is InChI=1S/C53H58N12O6/c1-30-28-60(33-13-17-59(18-14-33)34-5-7-36-37(24-34)51(70)65(50(36)69)41-8-10-45(66)58-48(41)67)19-20-61(30)35-6-9-44(56-27-35)57-38-29-64(40-12-16-55-49(68)46(38)40)39-11-15-54-47(31(39)2)63-22-21-62-42(52(63)71)23-32-25-53(3,4)26-43(32)62/h5-7,9,11,15,23-24,27,29-30,33,41H,8,10,12-14,16-22,25-26,28H2,1-4H3,(H,55,68)(H,56,57)(H,58,66,67)/t30-,41?/m0/s1. The second-order valence-electron chi connectivity index (χ2n) is 21.1. The van der Waals surface area contributed by atoms with Gasteiger partial charge in [-0.3, -0.25) is 48.8 Å². The highest BCUT2D eigenvalue weighted by Crippen LogP contribution is 2.41. The van der Waals surface area contributed by atoms with Gasteiger partial charge in [0.25, 0.3) is 23.6 Å². The van der Waals surface area contributed by atoms with Gasteiger partial charge < -0.3 is 29.6 Å². The maximum absolute atomic E-state index is 14.1. The number of piperazine rings is 1. The van der Waals surface area contributed by atoms with Crippen LogP contribution in [0.3, 0.4) is 0 Å². The second-order valence-corrected chi connectivity index (χ2v) is 21.1. The Morgan fingerprint density at radius 2 is 1.59 bits per heavy atom. The van der Waals surface area contributed by atoms with E-state index in [2.05, 4.69) is 72.7 Å². The zero-order chi connectivity index (χ0) is 49.0. The normalized spacial score (nSPS) is 22.4. The third-order valence-electron chi connectivity index (χ3n) is 16.0. The molecule has 18 nitrogen and oxygen atoms in total. The monoisotopic (exact) mass is 958 g/mol. The molecule has 3 N–H and O–H groups in total. The van der Waals surface area contributed by atoms with Crippen molar-refractivity contribution >= 4 is 64.1 Å². The lowest BCUT2D eigenvalue weighted by molar-refractivity contribution is -0.136. The first-order valence-corrected chi connectivity index (χ1v) is 25.1. The van der Waals surface area contributed by atoms with Crippen molar-refractivity contribution in [3.8, 4) is 5.69 Å². The molecule has 0 spiro atoms. The third kappa shape index (κ3) is 7.56. The van der Waals surface area contributed by atoms with Crippen molar-refractivity contribution in [3.63, 3.8) is 0 Å². The number of benzene rings is 1. The van der Waals surface area contributed by atoms with E-state index in [1.54, 1.807) is 18.3 Å². The van der Waals surface area contributed by atoms with Crippen LogP contribution in [0.5, 0.6) is 0 Å². The Labute approximate surface area is 411 Å². The van der Waals surface area contributed by atoms with Crippen molar-refractivity contribution in [2.75, 3.05) is 65.8 Å². The van der Waals surface area contributed by atoms with E-state index >= 15 is 0 Å². The van der Waals surface area contributed by atoms with E-state index in [-0.39, 0.29) is 41.7 Å². The molecule has 6 aliphatic heterocycles. The van der Waals surface area contributed by atoms with E-state index in [1.165, 1.54) is 11.3 Å². The summed E-state index contributed by atoms with van der Waals surface area (Å²) in [6.45, 7) is 14.9. The van der Waals surface area contributed by atoms with Crippen LogP contribution in [0.2, 0.25) is 0 Å². The predicted molar refractivity (Wildman–Crippen MR) is 266 cm³/mol. The number of nitrogens with one attached hydrogen (secondary N) is 3. The Balaban J connectivity index is 0.689. The van der Waals surface area contributed by atoms with Crippen molar-refractivity contribution in [2.24, 2.45) is 5.41 Å². The highest BCUT2D eigenvalue weighted by Gasteiger charge is 2.45. The first kappa shape index (κ1) is 44.8. The minimum Gasteiger partial charge on any atom is -0.371 e. The number of hydrogen-bond acceptors (Lipinski definition) is 12. The summed E-state index contributed by atoms with van der Waals surface area (Å²) in [7, 11) is 0. The largest absolute Gasteiger partial charge is 0.371 e. The molecule has 71 heavy (non-hydrogen) atoms. The number of aromatic nitrogens is 4. The average molecular weight is 959 g/mol. The van der Waals surface area contributed by atoms with E-state index < -0.39 is 29.7 Å². The van der Waals surface area contributed by atoms with Crippen LogP contribution in [0.15, 0.2) is 61.1 Å². The number of carbonyl (C=O) groups is 6. The first-order chi connectivity index (χ1) is 34.2. The van der Waals surface area contributed by atoms with Gasteiger partial charge >= 0.3 is 0 Å². The molecule has 12 rings (SSSR count). The lowest BCUT2D eigenvalue weighted by Crippen LogP contribution is -2.57. The number of pyridine rings is 2. The highest BCUT2D eigenvalue weighted by molar-refractivity contribution is 6.23. The summed E-state index contributed by atoms with van der Waals surface area (Å²) in [6.07, 6.45) is 10.3. The SMILES string of the molecule is Cc1c(-n2cc(Nc3ccc(N4CCN(C5CCN(c6ccc7c(c6)C(=O)N(C6CCC(=O)NC6=O)C7=O)CC5)C[C@@H]4C)cn3)c3c2CCNC3=O)ccnc1N1CCn2c(cc3c2CC(C)(C)C3)C1=O. The molecule has 7 aliphatic rings. The molecule has 18 heteroatoms. The van der Waals surface area contributed by atoms with Crippen LogP contribution >= 0.6 is 0 Å². The molecule has 0 saturated carbocycles. The number of anilines is 5. The fourth-order valence-corrected chi connectivity index (χ4v) is 12.5. The van der Waals surface area contributed by atoms with Gasteiger partial charge in [0.05, 0.1) is 39.9 Å². The number of piperidine rings is 2. The molecule has 6 amide bonds. The summed E-state index contributed by atoms with van der Waals surface area (Å²) in [5.41, 5.74) is 9.86. The molecule has 5 aromatic rings. The van der Waals surface area contributed by atoms with E-state index in [9.17, 15) is 28.8 Å². The van der Waals surface area contributed by atoms with E-state index in [0.29, 0.717) is 54.0 Å². The fourth-order valence-electron chi connectivity index (χ4n) is 12.5. The molecule has 1 unspecified atom stereocenters. The molecule has 0 radical (unpaired) electrons. The van der Waals surface area contributed by atoms with Crippen LogP contribution in [0.1, 0.15) is 111 Å². The van der Waals surface area contributed by atoms with Crippen LogP contribution in [0, 0.1) is 12.3 Å². The molecular weight excluding hydrogens is 901 g/mol. The number of carbonyl (C=O) groups excluding carboxylic acids is 6. The lowest BCUT2D eigenvalue weighted by atomic mass is 9.90. The quantitative estimate of drug-likeness (QED) is 0.181. The molecule has 4 aromatic heterocycles. The Kier molecular flexibility index (Phi) is 10.7. The van der Waals surface area contributed by atoms with E-state index in [1.807, 2.05) is 42.4 Å². The molecule has 0 bridgehead atoms. The summed E-state index contributed by atoms with van der Waals surface area (Å²) < 4.78 is 4.29. The van der Waals surface area contributed by atoms with Crippen molar-refractivity contribution in [3.05, 3.63) is 106 Å². The molecular formula is C53H58N12O6. The second kappa shape index (κ2) is 16.9. The minimum absolute atomic E-state index is 0.0330. The van der Waals surface area contributed by atoms with Gasteiger partial charge in [0.2, 0.25) is 11.8 Å². The maximum atomic E-state index is 14.1. The van der Waals surface area contributed by atoms with Gasteiger partial charge in [-0.2, -0.15) is 0 Å². The summed E-state index contributed by atoms with van der Waals surface area (Å²) >= 11 is 0. The number of fused-ring (bicyclic) bond motifs is 5. The summed E-state index contributed by atoms with van der Waals surface area (Å²) in [6, 6.07) is 13.1. The Morgan fingerprint density at radius 3 is 2.37 bits per heavy atom. The van der Waals surface area contributed by atoms with Crippen molar-refractivity contribution in [2.45, 2.75) is 97.3 Å². The molecule has 2 atom stereocenters. The number of amides is 6. The maximum Gasteiger partial charge on any atom is 0.276 e. The molecule has 1 aliphatic carbocycles. The molecule has 1 aromatic carbocycles. The van der Waals surface area contributed by atoms with Crippen LogP contribution < -0.4 is 30.7 Å². The predicted octanol–water partition coefficient (Wildman–Crippen LogP) is 4.77. The smallest absolute Gasteiger partial charge is 0.276 e. The zero-order valence-corrected chi connectivity index (χ0v) is 40.6. The molecule has 3 saturated heterocycles. The highest BCUT2D eigenvalue weighted by atomic mass is 16.2. The number of rotatable bonds is 8. The van der Waals surface area contributed by atoms with Crippen LogP contribution in [-0.2, 0) is 35.4 Å². The van der Waals surface area contributed by atoms with E-state index in [4.69, 9.17) is 9.97 Å². The van der Waals surface area contributed by atoms with E-state index in [0.717, 1.165) is 104 Å². The van der Waals surface area contributed by atoms with Gasteiger partial charge in [-0.25, -0.2) is 9.97 Å². The van der Waals surface area contributed by atoms with Crippen molar-refractivity contribution < 1.29 is 28.8 Å². The van der Waals surface area contributed by atoms with Gasteiger partial charge in [0.15, 0.2) is 0 Å². The van der Waals surface area contributed by atoms with Gasteiger partial charge in [-0.05, 0) is 99.4 Å². The fraction of sp³-hybridized carbons (Fsp3) is 0.434. The molecule has 10 heterocycles. The first-order valence-electron chi connectivity index (χ1n) is 25.1. The average Bonchev–Trinajstić information content (AvgIpc) is 4.06. The molecule has 3 fully saturated rings. The topological polar surface area (TPSA) is 190 Å². The minimum atomic E-state index is -0.987. The third-order valence-corrected chi connectivity index (χ3v) is 16.0. The number of imide groups is 2. The van der Waals surface area contributed by atoms with Crippen LogP contribution in [-0.4, -0.2) is 128 Å². The van der Waals surface area contributed by atoms with Crippen LogP contribution in [0.25, 0.3) is 5.69 Å². The Morgan fingerprint density at radius 1 is 0.789 bits per heavy atom. The summed E-state index contributed by atoms with van der Waals surface area (Å²) in [5, 5.41) is 8.75. The van der Waals surface area contributed by atoms with Gasteiger partial charge in [-0.15, -0.1) is 0 Å².